The predicted molar refractivity (Wildman–Crippen MR) is 76.6 cm³/mol. The number of rotatable bonds is 2. The molecule has 1 aromatic heterocycles. The average Bonchev–Trinajstić information content (AvgIpc) is 2.28. The van der Waals surface area contributed by atoms with Gasteiger partial charge in [0.1, 0.15) is 16.3 Å². The van der Waals surface area contributed by atoms with E-state index in [2.05, 4.69) is 25.9 Å². The number of nitrogens with zero attached hydrogens (tertiary/aromatic N) is 1. The number of aryl methyl sites for hydroxylation is 1. The molecule has 2 nitrogen and oxygen atoms in total. The molecule has 0 aliphatic heterocycles. The van der Waals surface area contributed by atoms with Crippen molar-refractivity contribution in [1.82, 2.24) is 9.97 Å². The Kier molecular flexibility index (Phi) is 3.92. The number of H-pyrrole nitrogens is 1. The lowest BCUT2D eigenvalue weighted by molar-refractivity contribution is 0.627. The number of aromatic nitrogens is 2. The summed E-state index contributed by atoms with van der Waals surface area (Å²) in [5, 5.41) is 0. The van der Waals surface area contributed by atoms with Crippen LogP contribution < -0.4 is 0 Å². The summed E-state index contributed by atoms with van der Waals surface area (Å²) in [4.78, 5) is 7.59. The Bertz CT molecular complexity index is 652. The Morgan fingerprint density at radius 2 is 2.17 bits per heavy atom. The van der Waals surface area contributed by atoms with Crippen molar-refractivity contribution in [2.45, 2.75) is 20.3 Å². The SMILES string of the molecule is CCc1c(C)[nH]c(-c2ccc(F)cc2Br)nc1=S. The minimum atomic E-state index is -0.286. The molecule has 0 saturated carbocycles. The van der Waals surface area contributed by atoms with E-state index >= 15 is 0 Å². The highest BCUT2D eigenvalue weighted by Gasteiger charge is 2.09. The van der Waals surface area contributed by atoms with Gasteiger partial charge in [-0.25, -0.2) is 9.37 Å². The molecule has 0 aliphatic rings. The van der Waals surface area contributed by atoms with Crippen molar-refractivity contribution in [3.63, 3.8) is 0 Å². The molecule has 0 unspecified atom stereocenters. The van der Waals surface area contributed by atoms with Gasteiger partial charge in [-0.15, -0.1) is 0 Å². The first-order valence-corrected chi connectivity index (χ1v) is 6.78. The van der Waals surface area contributed by atoms with E-state index in [9.17, 15) is 4.39 Å². The third-order valence-corrected chi connectivity index (χ3v) is 3.76. The fourth-order valence-corrected chi connectivity index (χ4v) is 2.76. The molecule has 94 valence electrons. The second-order valence-electron chi connectivity index (χ2n) is 3.97. The van der Waals surface area contributed by atoms with Crippen LogP contribution in [0.5, 0.6) is 0 Å². The van der Waals surface area contributed by atoms with Crippen LogP contribution in [0, 0.1) is 17.4 Å². The average molecular weight is 327 g/mol. The zero-order valence-electron chi connectivity index (χ0n) is 10.1. The Balaban J connectivity index is 2.62. The van der Waals surface area contributed by atoms with Gasteiger partial charge >= 0.3 is 0 Å². The first-order valence-electron chi connectivity index (χ1n) is 5.58. The van der Waals surface area contributed by atoms with Gasteiger partial charge in [0.25, 0.3) is 0 Å². The van der Waals surface area contributed by atoms with Crippen molar-refractivity contribution in [1.29, 1.82) is 0 Å². The Morgan fingerprint density at radius 3 is 2.72 bits per heavy atom. The van der Waals surface area contributed by atoms with Gasteiger partial charge < -0.3 is 4.98 Å². The van der Waals surface area contributed by atoms with Gasteiger partial charge in [-0.05, 0) is 47.5 Å². The highest BCUT2D eigenvalue weighted by Crippen LogP contribution is 2.27. The van der Waals surface area contributed by atoms with Crippen LogP contribution in [-0.2, 0) is 6.42 Å². The van der Waals surface area contributed by atoms with Gasteiger partial charge in [0.05, 0.1) is 0 Å². The molecular formula is C13H12BrFN2S. The quantitative estimate of drug-likeness (QED) is 0.818. The first-order chi connectivity index (χ1) is 8.52. The van der Waals surface area contributed by atoms with Crippen LogP contribution in [0.3, 0.4) is 0 Å². The normalized spacial score (nSPS) is 10.7. The summed E-state index contributed by atoms with van der Waals surface area (Å²) in [5.41, 5.74) is 2.85. The van der Waals surface area contributed by atoms with Gasteiger partial charge in [0.2, 0.25) is 0 Å². The van der Waals surface area contributed by atoms with E-state index in [0.717, 1.165) is 23.2 Å². The molecule has 0 amide bonds. The molecule has 18 heavy (non-hydrogen) atoms. The monoisotopic (exact) mass is 326 g/mol. The van der Waals surface area contributed by atoms with Crippen molar-refractivity contribution in [2.75, 3.05) is 0 Å². The Hall–Kier alpha value is -1.07. The molecule has 1 heterocycles. The highest BCUT2D eigenvalue weighted by molar-refractivity contribution is 9.10. The molecule has 1 N–H and O–H groups in total. The molecule has 0 bridgehead atoms. The van der Waals surface area contributed by atoms with Crippen LogP contribution in [0.2, 0.25) is 0 Å². The molecule has 0 saturated heterocycles. The molecule has 0 spiro atoms. The lowest BCUT2D eigenvalue weighted by atomic mass is 10.1. The van der Waals surface area contributed by atoms with Crippen LogP contribution in [-0.4, -0.2) is 9.97 Å². The van der Waals surface area contributed by atoms with Crippen molar-refractivity contribution in [3.05, 3.63) is 44.4 Å². The van der Waals surface area contributed by atoms with Gasteiger partial charge in [0, 0.05) is 21.3 Å². The van der Waals surface area contributed by atoms with Gasteiger partial charge in [0.15, 0.2) is 0 Å². The summed E-state index contributed by atoms with van der Waals surface area (Å²) in [6, 6.07) is 4.50. The number of benzene rings is 1. The lowest BCUT2D eigenvalue weighted by Crippen LogP contribution is -1.99. The van der Waals surface area contributed by atoms with Crippen LogP contribution >= 0.6 is 28.1 Å². The third-order valence-electron chi connectivity index (χ3n) is 2.77. The second-order valence-corrected chi connectivity index (χ2v) is 5.21. The number of hydrogen-bond donors (Lipinski definition) is 1. The molecular weight excluding hydrogens is 315 g/mol. The van der Waals surface area contributed by atoms with Gasteiger partial charge in [-0.2, -0.15) is 0 Å². The maximum absolute atomic E-state index is 13.1. The van der Waals surface area contributed by atoms with Crippen molar-refractivity contribution < 1.29 is 4.39 Å². The van der Waals surface area contributed by atoms with Gasteiger partial charge in [-0.3, -0.25) is 0 Å². The van der Waals surface area contributed by atoms with E-state index in [0.29, 0.717) is 14.9 Å². The summed E-state index contributed by atoms with van der Waals surface area (Å²) in [6.07, 6.45) is 0.846. The van der Waals surface area contributed by atoms with Crippen LogP contribution in [0.4, 0.5) is 4.39 Å². The maximum atomic E-state index is 13.1. The third kappa shape index (κ3) is 2.52. The zero-order valence-corrected chi connectivity index (χ0v) is 12.5. The first kappa shape index (κ1) is 13.4. The zero-order chi connectivity index (χ0) is 13.3. The smallest absolute Gasteiger partial charge is 0.140 e. The fourth-order valence-electron chi connectivity index (χ4n) is 1.84. The number of halogens is 2. The van der Waals surface area contributed by atoms with E-state index in [1.807, 2.05) is 13.8 Å². The number of nitrogens with one attached hydrogen (secondary N) is 1. The van der Waals surface area contributed by atoms with Crippen LogP contribution in [0.25, 0.3) is 11.4 Å². The van der Waals surface area contributed by atoms with E-state index in [1.54, 1.807) is 6.07 Å². The molecule has 0 radical (unpaired) electrons. The van der Waals surface area contributed by atoms with E-state index < -0.39 is 0 Å². The van der Waals surface area contributed by atoms with Crippen LogP contribution in [0.15, 0.2) is 22.7 Å². The largest absolute Gasteiger partial charge is 0.343 e. The standard InChI is InChI=1S/C13H12BrFN2S/c1-3-9-7(2)16-12(17-13(9)18)10-5-4-8(15)6-11(10)14/h4-6H,3H2,1-2H3,(H,16,17,18). The summed E-state index contributed by atoms with van der Waals surface area (Å²) < 4.78 is 14.3. The summed E-state index contributed by atoms with van der Waals surface area (Å²) >= 11 is 8.61. The topological polar surface area (TPSA) is 28.7 Å². The Labute approximate surface area is 118 Å². The van der Waals surface area contributed by atoms with E-state index in [1.165, 1.54) is 12.1 Å². The number of hydrogen-bond acceptors (Lipinski definition) is 2. The predicted octanol–water partition coefficient (Wildman–Crippen LogP) is 4.58. The second kappa shape index (κ2) is 5.28. The molecule has 0 atom stereocenters. The fraction of sp³-hybridized carbons (Fsp3) is 0.231. The van der Waals surface area contributed by atoms with Crippen LogP contribution in [0.1, 0.15) is 18.2 Å². The van der Waals surface area contributed by atoms with Gasteiger partial charge in [-0.1, -0.05) is 19.1 Å². The molecule has 1 aromatic carbocycles. The summed E-state index contributed by atoms with van der Waals surface area (Å²) in [7, 11) is 0. The minimum Gasteiger partial charge on any atom is -0.343 e. The summed E-state index contributed by atoms with van der Waals surface area (Å²) in [5.74, 6) is 0.368. The van der Waals surface area contributed by atoms with E-state index in [4.69, 9.17) is 12.2 Å². The van der Waals surface area contributed by atoms with Crippen molar-refractivity contribution in [3.8, 4) is 11.4 Å². The van der Waals surface area contributed by atoms with Crippen molar-refractivity contribution >= 4 is 28.1 Å². The minimum absolute atomic E-state index is 0.286. The van der Waals surface area contributed by atoms with E-state index in [-0.39, 0.29) is 5.82 Å². The maximum Gasteiger partial charge on any atom is 0.140 e. The molecule has 2 aromatic rings. The summed E-state index contributed by atoms with van der Waals surface area (Å²) in [6.45, 7) is 4.01. The number of aromatic amines is 1. The molecule has 0 fully saturated rings. The van der Waals surface area contributed by atoms with Crippen molar-refractivity contribution in [2.24, 2.45) is 0 Å². The molecule has 2 rings (SSSR count). The highest BCUT2D eigenvalue weighted by atomic mass is 79.9. The molecule has 0 aliphatic carbocycles. The molecule has 5 heteroatoms. The lowest BCUT2D eigenvalue weighted by Gasteiger charge is -2.09. The Morgan fingerprint density at radius 1 is 1.44 bits per heavy atom.